The van der Waals surface area contributed by atoms with E-state index in [1.165, 1.54) is 0 Å². The van der Waals surface area contributed by atoms with E-state index in [0.717, 1.165) is 25.9 Å². The molecule has 18 heavy (non-hydrogen) atoms. The third-order valence-corrected chi connectivity index (χ3v) is 4.33. The van der Waals surface area contributed by atoms with Gasteiger partial charge in [-0.2, -0.15) is 13.2 Å². The average molecular weight is 266 g/mol. The summed E-state index contributed by atoms with van der Waals surface area (Å²) in [6.07, 6.45) is 0.172. The van der Waals surface area contributed by atoms with Gasteiger partial charge in [-0.05, 0) is 51.4 Å². The van der Waals surface area contributed by atoms with Gasteiger partial charge in [0, 0.05) is 6.61 Å². The standard InChI is InChI=1S/C13H21F3O2/c14-13(15,16)10-3-6-12(17,7-4-10)8-5-11-2-1-9-18-11/h10-11,17H,1-9H2. The van der Waals surface area contributed by atoms with Crippen molar-refractivity contribution in [1.29, 1.82) is 0 Å². The maximum absolute atomic E-state index is 12.5. The molecule has 1 saturated carbocycles. The SMILES string of the molecule is OC1(CCC2CCCO2)CCC(C(F)(F)F)CC1. The highest BCUT2D eigenvalue weighted by molar-refractivity contribution is 4.88. The van der Waals surface area contributed by atoms with Crippen molar-refractivity contribution in [3.8, 4) is 0 Å². The molecule has 2 aliphatic rings. The highest BCUT2D eigenvalue weighted by atomic mass is 19.4. The van der Waals surface area contributed by atoms with Crippen LogP contribution in [0.2, 0.25) is 0 Å². The Morgan fingerprint density at radius 2 is 1.83 bits per heavy atom. The Hall–Kier alpha value is -0.290. The number of halogens is 3. The summed E-state index contributed by atoms with van der Waals surface area (Å²) in [6, 6.07) is 0. The minimum absolute atomic E-state index is 0.0610. The van der Waals surface area contributed by atoms with Gasteiger partial charge >= 0.3 is 6.18 Å². The molecule has 2 fully saturated rings. The van der Waals surface area contributed by atoms with Gasteiger partial charge in [0.25, 0.3) is 0 Å². The summed E-state index contributed by atoms with van der Waals surface area (Å²) in [6.45, 7) is 0.777. The summed E-state index contributed by atoms with van der Waals surface area (Å²) < 4.78 is 43.0. The predicted molar refractivity (Wildman–Crippen MR) is 61.2 cm³/mol. The van der Waals surface area contributed by atoms with Gasteiger partial charge in [0.05, 0.1) is 17.6 Å². The third kappa shape index (κ3) is 3.60. The highest BCUT2D eigenvalue weighted by Crippen LogP contribution is 2.42. The van der Waals surface area contributed by atoms with Crippen LogP contribution in [0.5, 0.6) is 0 Å². The van der Waals surface area contributed by atoms with Crippen LogP contribution in [0.15, 0.2) is 0 Å². The van der Waals surface area contributed by atoms with E-state index in [0.29, 0.717) is 6.42 Å². The lowest BCUT2D eigenvalue weighted by atomic mass is 9.76. The molecule has 0 aromatic rings. The van der Waals surface area contributed by atoms with Crippen LogP contribution in [0.3, 0.4) is 0 Å². The van der Waals surface area contributed by atoms with E-state index in [4.69, 9.17) is 4.74 Å². The molecule has 1 saturated heterocycles. The Morgan fingerprint density at radius 3 is 2.33 bits per heavy atom. The molecule has 1 N–H and O–H groups in total. The smallest absolute Gasteiger partial charge is 0.390 e. The van der Waals surface area contributed by atoms with Crippen molar-refractivity contribution in [2.45, 2.75) is 69.2 Å². The van der Waals surface area contributed by atoms with Crippen LogP contribution in [-0.2, 0) is 4.74 Å². The lowest BCUT2D eigenvalue weighted by molar-refractivity contribution is -0.193. The van der Waals surface area contributed by atoms with Crippen molar-refractivity contribution in [1.82, 2.24) is 0 Å². The zero-order valence-electron chi connectivity index (χ0n) is 10.5. The zero-order valence-corrected chi connectivity index (χ0v) is 10.5. The lowest BCUT2D eigenvalue weighted by Gasteiger charge is -2.37. The molecule has 0 amide bonds. The molecular weight excluding hydrogens is 245 g/mol. The van der Waals surface area contributed by atoms with Crippen LogP contribution in [0.4, 0.5) is 13.2 Å². The number of rotatable bonds is 3. The van der Waals surface area contributed by atoms with Crippen LogP contribution in [0.25, 0.3) is 0 Å². The summed E-state index contributed by atoms with van der Waals surface area (Å²) in [5.41, 5.74) is -0.895. The molecule has 1 atom stereocenters. The molecule has 5 heteroatoms. The van der Waals surface area contributed by atoms with E-state index >= 15 is 0 Å². The Balaban J connectivity index is 1.76. The van der Waals surface area contributed by atoms with Crippen molar-refractivity contribution in [3.63, 3.8) is 0 Å². The van der Waals surface area contributed by atoms with E-state index in [1.54, 1.807) is 0 Å². The van der Waals surface area contributed by atoms with Gasteiger partial charge in [0.15, 0.2) is 0 Å². The van der Waals surface area contributed by atoms with Gasteiger partial charge in [-0.15, -0.1) is 0 Å². The first-order valence-electron chi connectivity index (χ1n) is 6.80. The normalized spacial score (nSPS) is 38.0. The topological polar surface area (TPSA) is 29.5 Å². The number of aliphatic hydroxyl groups is 1. The lowest BCUT2D eigenvalue weighted by Crippen LogP contribution is -2.38. The van der Waals surface area contributed by atoms with Gasteiger partial charge in [-0.25, -0.2) is 0 Å². The maximum atomic E-state index is 12.5. The minimum atomic E-state index is -4.10. The zero-order chi connectivity index (χ0) is 13.2. The van der Waals surface area contributed by atoms with Crippen LogP contribution in [0, 0.1) is 5.92 Å². The second kappa shape index (κ2) is 5.37. The molecule has 0 aromatic heterocycles. The fourth-order valence-corrected chi connectivity index (χ4v) is 3.03. The number of ether oxygens (including phenoxy) is 1. The van der Waals surface area contributed by atoms with Crippen molar-refractivity contribution in [2.24, 2.45) is 5.92 Å². The van der Waals surface area contributed by atoms with E-state index in [1.807, 2.05) is 0 Å². The predicted octanol–water partition coefficient (Wildman–Crippen LogP) is 3.43. The van der Waals surface area contributed by atoms with Gasteiger partial charge in [0.1, 0.15) is 0 Å². The monoisotopic (exact) mass is 266 g/mol. The molecule has 1 aliphatic carbocycles. The second-order valence-corrected chi connectivity index (χ2v) is 5.71. The van der Waals surface area contributed by atoms with E-state index in [-0.39, 0.29) is 31.8 Å². The molecule has 1 unspecified atom stereocenters. The molecule has 0 aromatic carbocycles. The first-order valence-corrected chi connectivity index (χ1v) is 6.80. The summed E-state index contributed by atoms with van der Waals surface area (Å²) in [7, 11) is 0. The van der Waals surface area contributed by atoms with Crippen LogP contribution in [0.1, 0.15) is 51.4 Å². The number of alkyl halides is 3. The first-order chi connectivity index (χ1) is 8.39. The van der Waals surface area contributed by atoms with Crippen molar-refractivity contribution >= 4 is 0 Å². The highest BCUT2D eigenvalue weighted by Gasteiger charge is 2.45. The quantitative estimate of drug-likeness (QED) is 0.848. The molecule has 0 spiro atoms. The Kier molecular flexibility index (Phi) is 4.22. The first kappa shape index (κ1) is 14.1. The van der Waals surface area contributed by atoms with Crippen LogP contribution >= 0.6 is 0 Å². The summed E-state index contributed by atoms with van der Waals surface area (Å²) in [4.78, 5) is 0. The van der Waals surface area contributed by atoms with Crippen molar-refractivity contribution < 1.29 is 23.0 Å². The fraction of sp³-hybridized carbons (Fsp3) is 1.00. The van der Waals surface area contributed by atoms with E-state index < -0.39 is 17.7 Å². The van der Waals surface area contributed by atoms with E-state index in [9.17, 15) is 18.3 Å². The maximum Gasteiger partial charge on any atom is 0.391 e. The number of hydrogen-bond acceptors (Lipinski definition) is 2. The molecule has 1 heterocycles. The molecule has 106 valence electrons. The molecule has 2 rings (SSSR count). The van der Waals surface area contributed by atoms with Gasteiger partial charge in [-0.3, -0.25) is 0 Å². The van der Waals surface area contributed by atoms with E-state index in [2.05, 4.69) is 0 Å². The van der Waals surface area contributed by atoms with Crippen molar-refractivity contribution in [3.05, 3.63) is 0 Å². The molecule has 0 bridgehead atoms. The molecule has 2 nitrogen and oxygen atoms in total. The number of hydrogen-bond donors (Lipinski definition) is 1. The largest absolute Gasteiger partial charge is 0.391 e. The van der Waals surface area contributed by atoms with Gasteiger partial charge in [0.2, 0.25) is 0 Å². The van der Waals surface area contributed by atoms with Crippen molar-refractivity contribution in [2.75, 3.05) is 6.61 Å². The fourth-order valence-electron chi connectivity index (χ4n) is 3.03. The Bertz CT molecular complexity index is 264. The molecule has 0 radical (unpaired) electrons. The Labute approximate surface area is 106 Å². The summed E-state index contributed by atoms with van der Waals surface area (Å²) >= 11 is 0. The second-order valence-electron chi connectivity index (χ2n) is 5.71. The molecule has 1 aliphatic heterocycles. The van der Waals surface area contributed by atoms with Crippen LogP contribution in [-0.4, -0.2) is 29.6 Å². The minimum Gasteiger partial charge on any atom is -0.390 e. The average Bonchev–Trinajstić information content (AvgIpc) is 2.79. The Morgan fingerprint density at radius 1 is 1.17 bits per heavy atom. The van der Waals surface area contributed by atoms with Crippen LogP contribution < -0.4 is 0 Å². The summed E-state index contributed by atoms with van der Waals surface area (Å²) in [5.74, 6) is -1.22. The third-order valence-electron chi connectivity index (χ3n) is 4.33. The van der Waals surface area contributed by atoms with Gasteiger partial charge < -0.3 is 9.84 Å². The van der Waals surface area contributed by atoms with Gasteiger partial charge in [-0.1, -0.05) is 0 Å². The summed E-state index contributed by atoms with van der Waals surface area (Å²) in [5, 5.41) is 10.3. The molecular formula is C13H21F3O2.